The van der Waals surface area contributed by atoms with Crippen molar-refractivity contribution in [1.29, 1.82) is 5.26 Å². The van der Waals surface area contributed by atoms with E-state index in [4.69, 9.17) is 5.26 Å². The first-order valence-corrected chi connectivity index (χ1v) is 7.70. The summed E-state index contributed by atoms with van der Waals surface area (Å²) in [6.45, 7) is 4.17. The molecule has 2 saturated heterocycles. The molecule has 0 N–H and O–H groups in total. The first-order chi connectivity index (χ1) is 9.25. The second-order valence-electron chi connectivity index (χ2n) is 6.31. The molecule has 19 heavy (non-hydrogen) atoms. The second-order valence-corrected chi connectivity index (χ2v) is 6.31. The summed E-state index contributed by atoms with van der Waals surface area (Å²) < 4.78 is 0. The lowest BCUT2D eigenvalue weighted by Crippen LogP contribution is -2.49. The molecule has 1 aliphatic carbocycles. The summed E-state index contributed by atoms with van der Waals surface area (Å²) in [4.78, 5) is 16.8. The second kappa shape index (κ2) is 5.13. The van der Waals surface area contributed by atoms with Crippen molar-refractivity contribution in [2.24, 2.45) is 5.41 Å². The molecule has 0 bridgehead atoms. The summed E-state index contributed by atoms with van der Waals surface area (Å²) in [5, 5.41) is 9.11. The molecule has 0 unspecified atom stereocenters. The molecule has 4 nitrogen and oxygen atoms in total. The van der Waals surface area contributed by atoms with Crippen LogP contribution in [-0.2, 0) is 4.79 Å². The number of piperidine rings is 2. The lowest BCUT2D eigenvalue weighted by molar-refractivity contribution is -0.136. The Morgan fingerprint density at radius 1 is 1.05 bits per heavy atom. The fraction of sp³-hybridized carbons (Fsp3) is 0.867. The topological polar surface area (TPSA) is 47.3 Å². The Morgan fingerprint density at radius 2 is 1.68 bits per heavy atom. The Kier molecular flexibility index (Phi) is 3.49. The summed E-state index contributed by atoms with van der Waals surface area (Å²) >= 11 is 0. The maximum Gasteiger partial charge on any atom is 0.243 e. The normalized spacial score (nSPS) is 27.8. The van der Waals surface area contributed by atoms with Gasteiger partial charge in [0.2, 0.25) is 5.91 Å². The molecule has 4 heteroatoms. The van der Waals surface area contributed by atoms with Crippen LogP contribution in [0, 0.1) is 16.7 Å². The zero-order chi connectivity index (χ0) is 13.3. The number of amides is 1. The van der Waals surface area contributed by atoms with E-state index in [0.717, 1.165) is 38.8 Å². The minimum absolute atomic E-state index is 0.104. The summed E-state index contributed by atoms with van der Waals surface area (Å²) in [7, 11) is 0. The fourth-order valence-corrected chi connectivity index (χ4v) is 3.52. The molecule has 0 aromatic rings. The Hall–Kier alpha value is -1.08. The number of hydrogen-bond acceptors (Lipinski definition) is 3. The van der Waals surface area contributed by atoms with Gasteiger partial charge < -0.3 is 9.80 Å². The van der Waals surface area contributed by atoms with Gasteiger partial charge in [-0.25, -0.2) is 0 Å². The highest BCUT2D eigenvalue weighted by molar-refractivity contribution is 5.88. The van der Waals surface area contributed by atoms with Gasteiger partial charge in [-0.3, -0.25) is 4.79 Å². The molecule has 3 rings (SSSR count). The highest BCUT2D eigenvalue weighted by Gasteiger charge is 2.52. The van der Waals surface area contributed by atoms with E-state index in [1.165, 1.54) is 32.4 Å². The van der Waals surface area contributed by atoms with Gasteiger partial charge in [-0.2, -0.15) is 5.26 Å². The molecule has 0 spiro atoms. The molecular formula is C15H23N3O. The van der Waals surface area contributed by atoms with Crippen LogP contribution >= 0.6 is 0 Å². The van der Waals surface area contributed by atoms with Crippen molar-refractivity contribution < 1.29 is 4.79 Å². The van der Waals surface area contributed by atoms with Gasteiger partial charge in [-0.1, -0.05) is 6.42 Å². The first-order valence-electron chi connectivity index (χ1n) is 7.70. The molecule has 2 aliphatic heterocycles. The molecule has 1 saturated carbocycles. The summed E-state index contributed by atoms with van der Waals surface area (Å²) in [5.41, 5.74) is -0.627. The highest BCUT2D eigenvalue weighted by Crippen LogP contribution is 2.46. The third-order valence-electron chi connectivity index (χ3n) is 5.03. The minimum Gasteiger partial charge on any atom is -0.341 e. The molecule has 0 atom stereocenters. The standard InChI is InChI=1S/C15H23N3O/c16-12-15(6-7-15)14(19)18-10-4-13(5-11-18)17-8-2-1-3-9-17/h13H,1-11H2. The van der Waals surface area contributed by atoms with Gasteiger partial charge in [0.15, 0.2) is 0 Å². The van der Waals surface area contributed by atoms with E-state index in [9.17, 15) is 4.79 Å². The van der Waals surface area contributed by atoms with Crippen LogP contribution in [0.3, 0.4) is 0 Å². The zero-order valence-corrected chi connectivity index (χ0v) is 11.6. The molecule has 104 valence electrons. The molecule has 3 fully saturated rings. The van der Waals surface area contributed by atoms with Gasteiger partial charge in [0.1, 0.15) is 5.41 Å². The van der Waals surface area contributed by atoms with Gasteiger partial charge in [0, 0.05) is 19.1 Å². The van der Waals surface area contributed by atoms with Crippen molar-refractivity contribution in [3.63, 3.8) is 0 Å². The van der Waals surface area contributed by atoms with E-state index in [0.29, 0.717) is 6.04 Å². The molecule has 0 radical (unpaired) electrons. The largest absolute Gasteiger partial charge is 0.341 e. The van der Waals surface area contributed by atoms with Gasteiger partial charge >= 0.3 is 0 Å². The quantitative estimate of drug-likeness (QED) is 0.761. The van der Waals surface area contributed by atoms with Gasteiger partial charge in [0.25, 0.3) is 0 Å². The maximum absolute atomic E-state index is 12.3. The van der Waals surface area contributed by atoms with Crippen LogP contribution in [0.2, 0.25) is 0 Å². The van der Waals surface area contributed by atoms with Crippen molar-refractivity contribution in [2.45, 2.75) is 51.0 Å². The van der Waals surface area contributed by atoms with E-state index >= 15 is 0 Å². The van der Waals surface area contributed by atoms with Gasteiger partial charge in [-0.15, -0.1) is 0 Å². The van der Waals surface area contributed by atoms with Crippen LogP contribution in [0.25, 0.3) is 0 Å². The smallest absolute Gasteiger partial charge is 0.243 e. The summed E-state index contributed by atoms with van der Waals surface area (Å²) in [6.07, 6.45) is 7.76. The Bertz CT molecular complexity index is 383. The van der Waals surface area contributed by atoms with Gasteiger partial charge in [-0.05, 0) is 51.6 Å². The number of carbonyl (C=O) groups excluding carboxylic acids is 1. The summed E-state index contributed by atoms with van der Waals surface area (Å²) in [6, 6.07) is 2.89. The molecule has 0 aromatic heterocycles. The average molecular weight is 261 g/mol. The van der Waals surface area contributed by atoms with Crippen LogP contribution in [0.1, 0.15) is 44.9 Å². The molecule has 3 aliphatic rings. The summed E-state index contributed by atoms with van der Waals surface area (Å²) in [5.74, 6) is 0.104. The first kappa shape index (κ1) is 12.9. The Balaban J connectivity index is 1.52. The third-order valence-corrected chi connectivity index (χ3v) is 5.03. The predicted molar refractivity (Wildman–Crippen MR) is 72.3 cm³/mol. The number of nitrogens with zero attached hydrogens (tertiary/aromatic N) is 3. The van der Waals surface area contributed by atoms with E-state index < -0.39 is 5.41 Å². The highest BCUT2D eigenvalue weighted by atomic mass is 16.2. The van der Waals surface area contributed by atoms with Crippen molar-refractivity contribution in [2.75, 3.05) is 26.2 Å². The Morgan fingerprint density at radius 3 is 2.21 bits per heavy atom. The zero-order valence-electron chi connectivity index (χ0n) is 11.6. The number of carbonyl (C=O) groups is 1. The van der Waals surface area contributed by atoms with Crippen LogP contribution in [0.4, 0.5) is 0 Å². The van der Waals surface area contributed by atoms with Gasteiger partial charge in [0.05, 0.1) is 6.07 Å². The number of nitriles is 1. The minimum atomic E-state index is -0.627. The van der Waals surface area contributed by atoms with E-state index in [-0.39, 0.29) is 5.91 Å². The van der Waals surface area contributed by atoms with E-state index in [1.807, 2.05) is 4.90 Å². The lowest BCUT2D eigenvalue weighted by atomic mass is 9.98. The average Bonchev–Trinajstić information content (AvgIpc) is 3.29. The molecule has 1 amide bonds. The van der Waals surface area contributed by atoms with Crippen LogP contribution in [-0.4, -0.2) is 47.9 Å². The fourth-order valence-electron chi connectivity index (χ4n) is 3.52. The monoisotopic (exact) mass is 261 g/mol. The van der Waals surface area contributed by atoms with Crippen molar-refractivity contribution in [3.05, 3.63) is 0 Å². The van der Waals surface area contributed by atoms with Crippen molar-refractivity contribution in [1.82, 2.24) is 9.80 Å². The number of hydrogen-bond donors (Lipinski definition) is 0. The van der Waals surface area contributed by atoms with Crippen LogP contribution in [0.5, 0.6) is 0 Å². The number of rotatable bonds is 2. The van der Waals surface area contributed by atoms with Crippen molar-refractivity contribution >= 4 is 5.91 Å². The lowest BCUT2D eigenvalue weighted by Gasteiger charge is -2.40. The van der Waals surface area contributed by atoms with Crippen LogP contribution < -0.4 is 0 Å². The van der Waals surface area contributed by atoms with Crippen LogP contribution in [0.15, 0.2) is 0 Å². The predicted octanol–water partition coefficient (Wildman–Crippen LogP) is 1.77. The number of likely N-dealkylation sites (tertiary alicyclic amines) is 2. The van der Waals surface area contributed by atoms with Crippen molar-refractivity contribution in [3.8, 4) is 6.07 Å². The Labute approximate surface area is 115 Å². The van der Waals surface area contributed by atoms with E-state index in [2.05, 4.69) is 11.0 Å². The van der Waals surface area contributed by atoms with E-state index in [1.54, 1.807) is 0 Å². The third kappa shape index (κ3) is 2.49. The molecule has 2 heterocycles. The maximum atomic E-state index is 12.3. The molecule has 0 aromatic carbocycles. The molecular weight excluding hydrogens is 238 g/mol. The SMILES string of the molecule is N#CC1(C(=O)N2CCC(N3CCCCC3)CC2)CC1.